The van der Waals surface area contributed by atoms with Gasteiger partial charge in [-0.3, -0.25) is 14.5 Å². The predicted octanol–water partition coefficient (Wildman–Crippen LogP) is 1.59. The second kappa shape index (κ2) is 4.21. The normalized spacial score (nSPS) is 27.5. The largest absolute Gasteiger partial charge is 0.391 e. The van der Waals surface area contributed by atoms with Gasteiger partial charge < -0.3 is 5.11 Å². The average molecular weight is 245 g/mol. The Balaban J connectivity index is 1.96. The van der Waals surface area contributed by atoms with E-state index in [2.05, 4.69) is 0 Å². The fourth-order valence-electron chi connectivity index (χ4n) is 2.90. The van der Waals surface area contributed by atoms with Crippen LogP contribution in [-0.2, 0) is 0 Å². The molecule has 1 aliphatic heterocycles. The molecule has 18 heavy (non-hydrogen) atoms. The van der Waals surface area contributed by atoms with Crippen molar-refractivity contribution in [2.45, 2.75) is 37.8 Å². The molecule has 0 radical (unpaired) electrons. The van der Waals surface area contributed by atoms with Gasteiger partial charge in [0.2, 0.25) is 0 Å². The molecule has 2 amide bonds. The van der Waals surface area contributed by atoms with Gasteiger partial charge in [-0.25, -0.2) is 0 Å². The third kappa shape index (κ3) is 1.56. The topological polar surface area (TPSA) is 57.6 Å². The number of hydrogen-bond acceptors (Lipinski definition) is 3. The van der Waals surface area contributed by atoms with Gasteiger partial charge in [-0.15, -0.1) is 0 Å². The molecule has 1 heterocycles. The number of fused-ring (bicyclic) bond motifs is 1. The second-order valence-corrected chi connectivity index (χ2v) is 4.95. The van der Waals surface area contributed by atoms with E-state index in [4.69, 9.17) is 0 Å². The number of amides is 2. The van der Waals surface area contributed by atoms with Gasteiger partial charge in [-0.05, 0) is 25.0 Å². The maximum Gasteiger partial charge on any atom is 0.261 e. The van der Waals surface area contributed by atoms with Gasteiger partial charge in [0.15, 0.2) is 0 Å². The summed E-state index contributed by atoms with van der Waals surface area (Å²) < 4.78 is 0. The SMILES string of the molecule is O=C1c2ccccc2C(=O)N1[C@H]1CCCC[C@@H]1O. The summed E-state index contributed by atoms with van der Waals surface area (Å²) in [5, 5.41) is 10.00. The van der Waals surface area contributed by atoms with Gasteiger partial charge in [0.1, 0.15) is 0 Å². The van der Waals surface area contributed by atoms with Crippen LogP contribution in [0.1, 0.15) is 46.4 Å². The molecule has 2 aliphatic rings. The zero-order valence-electron chi connectivity index (χ0n) is 10.0. The van der Waals surface area contributed by atoms with Crippen LogP contribution in [0, 0.1) is 0 Å². The molecule has 4 heteroatoms. The summed E-state index contributed by atoms with van der Waals surface area (Å²) in [7, 11) is 0. The van der Waals surface area contributed by atoms with Crippen LogP contribution in [0.4, 0.5) is 0 Å². The van der Waals surface area contributed by atoms with Gasteiger partial charge >= 0.3 is 0 Å². The first kappa shape index (κ1) is 11.4. The summed E-state index contributed by atoms with van der Waals surface area (Å²) in [5.41, 5.74) is 0.917. The molecule has 1 aliphatic carbocycles. The Kier molecular flexibility index (Phi) is 2.67. The van der Waals surface area contributed by atoms with Crippen LogP contribution in [-0.4, -0.2) is 34.0 Å². The van der Waals surface area contributed by atoms with E-state index in [1.165, 1.54) is 4.90 Å². The number of nitrogens with zero attached hydrogens (tertiary/aromatic N) is 1. The molecule has 0 bridgehead atoms. The van der Waals surface area contributed by atoms with Crippen molar-refractivity contribution in [2.24, 2.45) is 0 Å². The van der Waals surface area contributed by atoms with Crippen LogP contribution in [0.15, 0.2) is 24.3 Å². The number of imide groups is 1. The van der Waals surface area contributed by atoms with Crippen molar-refractivity contribution in [3.05, 3.63) is 35.4 Å². The highest BCUT2D eigenvalue weighted by Crippen LogP contribution is 2.30. The summed E-state index contributed by atoms with van der Waals surface area (Å²) in [6.45, 7) is 0. The highest BCUT2D eigenvalue weighted by Gasteiger charge is 2.42. The van der Waals surface area contributed by atoms with Crippen molar-refractivity contribution >= 4 is 11.8 Å². The lowest BCUT2D eigenvalue weighted by molar-refractivity contribution is 0.0203. The zero-order chi connectivity index (χ0) is 12.7. The monoisotopic (exact) mass is 245 g/mol. The van der Waals surface area contributed by atoms with Crippen LogP contribution < -0.4 is 0 Å². The van der Waals surface area contributed by atoms with E-state index in [1.54, 1.807) is 24.3 Å². The van der Waals surface area contributed by atoms with E-state index in [0.29, 0.717) is 24.0 Å². The van der Waals surface area contributed by atoms with Crippen molar-refractivity contribution in [1.29, 1.82) is 0 Å². The number of benzene rings is 1. The number of carbonyl (C=O) groups excluding carboxylic acids is 2. The summed E-state index contributed by atoms with van der Waals surface area (Å²) in [4.78, 5) is 25.8. The summed E-state index contributed by atoms with van der Waals surface area (Å²) >= 11 is 0. The van der Waals surface area contributed by atoms with Crippen LogP contribution in [0.3, 0.4) is 0 Å². The molecule has 1 N–H and O–H groups in total. The Hall–Kier alpha value is -1.68. The smallest absolute Gasteiger partial charge is 0.261 e. The maximum absolute atomic E-state index is 12.2. The van der Waals surface area contributed by atoms with Gasteiger partial charge in [-0.2, -0.15) is 0 Å². The maximum atomic E-state index is 12.2. The molecular formula is C14H15NO3. The van der Waals surface area contributed by atoms with Gasteiger partial charge in [-0.1, -0.05) is 25.0 Å². The van der Waals surface area contributed by atoms with E-state index in [9.17, 15) is 14.7 Å². The lowest BCUT2D eigenvalue weighted by Gasteiger charge is -2.33. The minimum absolute atomic E-state index is 0.262. The number of aliphatic hydroxyl groups excluding tert-OH is 1. The Bertz CT molecular complexity index is 477. The van der Waals surface area contributed by atoms with Crippen molar-refractivity contribution in [3.63, 3.8) is 0 Å². The van der Waals surface area contributed by atoms with Crippen molar-refractivity contribution in [1.82, 2.24) is 4.90 Å². The molecule has 3 rings (SSSR count). The third-order valence-corrected chi connectivity index (χ3v) is 3.85. The first-order valence-electron chi connectivity index (χ1n) is 6.35. The van der Waals surface area contributed by atoms with Crippen molar-refractivity contribution < 1.29 is 14.7 Å². The van der Waals surface area contributed by atoms with Gasteiger partial charge in [0.05, 0.1) is 23.3 Å². The van der Waals surface area contributed by atoms with Crippen LogP contribution in [0.5, 0.6) is 0 Å². The molecule has 4 nitrogen and oxygen atoms in total. The standard InChI is InChI=1S/C14H15NO3/c16-12-8-4-3-7-11(12)15-13(17)9-5-1-2-6-10(9)14(15)18/h1-2,5-6,11-12,16H,3-4,7-8H2/t11-,12-/m0/s1. The quantitative estimate of drug-likeness (QED) is 0.764. The Morgan fingerprint density at radius 3 is 2.11 bits per heavy atom. The molecule has 2 atom stereocenters. The summed E-state index contributed by atoms with van der Waals surface area (Å²) in [6.07, 6.45) is 2.70. The third-order valence-electron chi connectivity index (χ3n) is 3.85. The fraction of sp³-hybridized carbons (Fsp3) is 0.429. The lowest BCUT2D eigenvalue weighted by Crippen LogP contribution is -2.48. The molecule has 1 aromatic carbocycles. The van der Waals surface area contributed by atoms with Gasteiger partial charge in [0.25, 0.3) is 11.8 Å². The van der Waals surface area contributed by atoms with Crippen LogP contribution in [0.2, 0.25) is 0 Å². The molecular weight excluding hydrogens is 230 g/mol. The zero-order valence-corrected chi connectivity index (χ0v) is 10.0. The molecule has 0 aromatic heterocycles. The Labute approximate surface area is 105 Å². The number of rotatable bonds is 1. The first-order chi connectivity index (χ1) is 8.70. The predicted molar refractivity (Wildman–Crippen MR) is 65.2 cm³/mol. The highest BCUT2D eigenvalue weighted by atomic mass is 16.3. The molecule has 1 fully saturated rings. The minimum Gasteiger partial charge on any atom is -0.391 e. The van der Waals surface area contributed by atoms with E-state index in [-0.39, 0.29) is 17.9 Å². The molecule has 1 saturated carbocycles. The van der Waals surface area contributed by atoms with E-state index in [0.717, 1.165) is 12.8 Å². The fourth-order valence-corrected chi connectivity index (χ4v) is 2.90. The van der Waals surface area contributed by atoms with E-state index < -0.39 is 6.10 Å². The Morgan fingerprint density at radius 1 is 1.00 bits per heavy atom. The molecule has 1 aromatic rings. The molecule has 0 unspecified atom stereocenters. The summed E-state index contributed by atoms with van der Waals surface area (Å²) in [5.74, 6) is -0.525. The molecule has 0 spiro atoms. The number of aliphatic hydroxyl groups is 1. The average Bonchev–Trinajstić information content (AvgIpc) is 2.64. The second-order valence-electron chi connectivity index (χ2n) is 4.95. The van der Waals surface area contributed by atoms with Crippen LogP contribution >= 0.6 is 0 Å². The molecule has 94 valence electrons. The van der Waals surface area contributed by atoms with Gasteiger partial charge in [0, 0.05) is 0 Å². The first-order valence-corrected chi connectivity index (χ1v) is 6.35. The Morgan fingerprint density at radius 2 is 1.56 bits per heavy atom. The minimum atomic E-state index is -0.582. The highest BCUT2D eigenvalue weighted by molar-refractivity contribution is 6.21. The number of hydrogen-bond donors (Lipinski definition) is 1. The van der Waals surface area contributed by atoms with E-state index >= 15 is 0 Å². The van der Waals surface area contributed by atoms with Crippen LogP contribution in [0.25, 0.3) is 0 Å². The summed E-state index contributed by atoms with van der Waals surface area (Å²) in [6, 6.07) is 6.50. The van der Waals surface area contributed by atoms with Crippen molar-refractivity contribution in [2.75, 3.05) is 0 Å². The van der Waals surface area contributed by atoms with Crippen molar-refractivity contribution in [3.8, 4) is 0 Å². The number of carbonyl (C=O) groups is 2. The molecule has 0 saturated heterocycles. The lowest BCUT2D eigenvalue weighted by atomic mass is 9.91. The van der Waals surface area contributed by atoms with E-state index in [1.807, 2.05) is 0 Å².